The molecule has 0 unspecified atom stereocenters. The number of furan rings is 1. The minimum atomic E-state index is -0.262. The number of para-hydroxylation sites is 4. The van der Waals surface area contributed by atoms with Crippen molar-refractivity contribution >= 4 is 125 Å². The van der Waals surface area contributed by atoms with Crippen LogP contribution >= 0.6 is 34.8 Å². The van der Waals surface area contributed by atoms with E-state index in [1.165, 1.54) is 50.1 Å². The van der Waals surface area contributed by atoms with Gasteiger partial charge in [-0.1, -0.05) is 275 Å². The van der Waals surface area contributed by atoms with E-state index >= 15 is 0 Å². The maximum Gasteiger partial charge on any atom is 0.291 e. The number of hydrogen-bond donors (Lipinski definition) is 4. The van der Waals surface area contributed by atoms with E-state index in [9.17, 15) is 19.2 Å². The number of carbonyl (C=O) groups excluding carboxylic acids is 4. The Morgan fingerprint density at radius 2 is 0.637 bits per heavy atom. The smallest absolute Gasteiger partial charge is 0.291 e. The number of carbonyl (C=O) groups is 4. The molecule has 17 rings (SSSR count). The van der Waals surface area contributed by atoms with Crippen molar-refractivity contribution in [3.05, 3.63) is 416 Å². The maximum absolute atomic E-state index is 12.9. The Morgan fingerprint density at radius 3 is 1.02 bits per heavy atom. The molecule has 4 amide bonds. The first-order chi connectivity index (χ1) is 54.9. The SMILES string of the molecule is Cc1ccc(Cn2cc(NC(=O)c3ccc(-c4ccc(C)cc4)o3)c3ccccc32)cc1.Cc1ccc(Cn2cc(NC(=O)c3ccc(Cl)cc3)c3ccccc32)cc1.Cc1ccc(Cn2cc(NC(=O)c3cccc(Cl)c3)c3ccccc32)cc1.Cc1ccc(Cn2cc(NC(=O)c3ccccc3Cl)c3ccccc32)cc1. The summed E-state index contributed by atoms with van der Waals surface area (Å²) >= 11 is 18.1. The van der Waals surface area contributed by atoms with Crippen LogP contribution in [0.25, 0.3) is 54.9 Å². The number of rotatable bonds is 17. The van der Waals surface area contributed by atoms with Crippen LogP contribution in [0.4, 0.5) is 22.7 Å². The van der Waals surface area contributed by atoms with Gasteiger partial charge in [0.05, 0.1) is 55.4 Å². The number of aromatic nitrogens is 4. The second-order valence-electron chi connectivity index (χ2n) is 28.0. The molecule has 0 aliphatic heterocycles. The number of nitrogens with one attached hydrogen (secondary N) is 4. The van der Waals surface area contributed by atoms with Gasteiger partial charge in [-0.15, -0.1) is 0 Å². The highest BCUT2D eigenvalue weighted by Gasteiger charge is 2.20. The number of aryl methyl sites for hydroxylation is 5. The van der Waals surface area contributed by atoms with Crippen molar-refractivity contribution in [3.63, 3.8) is 0 Å². The molecule has 16 heteroatoms. The number of benzene rings is 12. The van der Waals surface area contributed by atoms with E-state index in [1.807, 2.05) is 147 Å². The van der Waals surface area contributed by atoms with E-state index in [0.717, 1.165) is 98.1 Å². The van der Waals surface area contributed by atoms with Gasteiger partial charge in [-0.2, -0.15) is 0 Å². The molecule has 0 radical (unpaired) electrons. The van der Waals surface area contributed by atoms with Crippen LogP contribution in [-0.4, -0.2) is 41.9 Å². The lowest BCUT2D eigenvalue weighted by Gasteiger charge is -2.06. The zero-order valence-electron chi connectivity index (χ0n) is 63.0. The number of anilines is 4. The summed E-state index contributed by atoms with van der Waals surface area (Å²) in [5, 5.41) is 17.7. The van der Waals surface area contributed by atoms with Gasteiger partial charge in [0.2, 0.25) is 0 Å². The molecule has 12 aromatic carbocycles. The summed E-state index contributed by atoms with van der Waals surface area (Å²) in [4.78, 5) is 50.9. The Kier molecular flexibility index (Phi) is 23.9. The molecular weight excluding hydrogens is 1460 g/mol. The number of nitrogens with zero attached hydrogens (tertiary/aromatic N) is 4. The Hall–Kier alpha value is -13.2. The molecule has 13 nitrogen and oxygen atoms in total. The van der Waals surface area contributed by atoms with Gasteiger partial charge in [-0.05, 0) is 148 Å². The van der Waals surface area contributed by atoms with E-state index < -0.39 is 0 Å². The Morgan fingerprint density at radius 1 is 0.301 bits per heavy atom. The normalized spacial score (nSPS) is 10.9. The quantitative estimate of drug-likeness (QED) is 0.0716. The van der Waals surface area contributed by atoms with Crippen LogP contribution in [0.2, 0.25) is 15.1 Å². The number of fused-ring (bicyclic) bond motifs is 4. The molecule has 0 atom stereocenters. The van der Waals surface area contributed by atoms with Crippen LogP contribution < -0.4 is 21.3 Å². The van der Waals surface area contributed by atoms with Crippen LogP contribution in [0.5, 0.6) is 0 Å². The van der Waals surface area contributed by atoms with Crippen LogP contribution in [0, 0.1) is 34.6 Å². The molecule has 0 spiro atoms. The molecule has 0 saturated heterocycles. The average Bonchev–Trinajstić information content (AvgIpc) is 1.67. The van der Waals surface area contributed by atoms with Gasteiger partial charge < -0.3 is 44.0 Å². The van der Waals surface area contributed by atoms with Crippen LogP contribution in [-0.2, 0) is 26.2 Å². The third-order valence-corrected chi connectivity index (χ3v) is 20.3. The third-order valence-electron chi connectivity index (χ3n) is 19.5. The molecule has 0 fully saturated rings. The molecule has 0 bridgehead atoms. The van der Waals surface area contributed by atoms with Gasteiger partial charge >= 0.3 is 0 Å². The third kappa shape index (κ3) is 19.0. The highest BCUT2D eigenvalue weighted by Crippen LogP contribution is 2.34. The Labute approximate surface area is 671 Å². The molecular formula is C97H81Cl3N8O5. The molecule has 5 heterocycles. The molecule has 113 heavy (non-hydrogen) atoms. The fraction of sp³-hybridized carbons (Fsp3) is 0.0928. The van der Waals surface area contributed by atoms with Crippen molar-refractivity contribution < 1.29 is 23.6 Å². The standard InChI is InChI=1S/C28H24N2O2.3C23H19ClN2O/c1-19-7-11-21(12-8-19)17-30-18-24(23-5-3-4-6-25(23)30)29-28(31)27-16-15-26(32-27)22-13-9-20(2)10-14-22;1-16-10-12-17(13-11-16)14-26-15-21(19-7-3-5-9-22(19)26)25-23(27)18-6-2-4-8-20(18)24;1-16-9-11-17(12-10-16)14-26-15-21(20-7-2-3-8-22(20)26)25-23(27)18-5-4-6-19(24)13-18;1-16-6-8-17(9-7-16)14-26-15-21(20-4-2-3-5-22(20)26)25-23(27)18-10-12-19(24)13-11-18/h3-16,18H,17H2,1-2H3,(H,29,31);3*2-13,15H,14H2,1H3,(H,25,27). The number of halogens is 3. The second kappa shape index (κ2) is 35.2. The second-order valence-corrected chi connectivity index (χ2v) is 29.3. The van der Waals surface area contributed by atoms with Gasteiger partial charge in [0.15, 0.2) is 5.76 Å². The van der Waals surface area contributed by atoms with Crippen molar-refractivity contribution in [2.24, 2.45) is 0 Å². The monoisotopic (exact) mass is 1540 g/mol. The lowest BCUT2D eigenvalue weighted by atomic mass is 10.1. The van der Waals surface area contributed by atoms with Crippen molar-refractivity contribution in [2.45, 2.75) is 60.8 Å². The number of amides is 4. The van der Waals surface area contributed by atoms with Crippen molar-refractivity contribution in [1.82, 2.24) is 18.3 Å². The van der Waals surface area contributed by atoms with E-state index in [1.54, 1.807) is 66.7 Å². The molecule has 17 aromatic rings. The van der Waals surface area contributed by atoms with Gasteiger partial charge in [-0.25, -0.2) is 0 Å². The summed E-state index contributed by atoms with van der Waals surface area (Å²) in [5.74, 6) is 0.175. The van der Waals surface area contributed by atoms with Crippen LogP contribution in [0.15, 0.2) is 333 Å². The fourth-order valence-corrected chi connectivity index (χ4v) is 14.0. The summed E-state index contributed by atoms with van der Waals surface area (Å²) in [6, 6.07) is 98.8. The summed E-state index contributed by atoms with van der Waals surface area (Å²) in [5.41, 5.74) is 21.0. The molecule has 0 aliphatic rings. The van der Waals surface area contributed by atoms with E-state index in [4.69, 9.17) is 39.2 Å². The molecule has 0 saturated carbocycles. The first kappa shape index (κ1) is 76.6. The average molecular weight is 1550 g/mol. The summed E-state index contributed by atoms with van der Waals surface area (Å²) in [6.07, 6.45) is 7.97. The number of hydrogen-bond acceptors (Lipinski definition) is 5. The van der Waals surface area contributed by atoms with E-state index in [2.05, 4.69) is 189 Å². The first-order valence-corrected chi connectivity index (χ1v) is 38.2. The van der Waals surface area contributed by atoms with E-state index in [-0.39, 0.29) is 29.4 Å². The van der Waals surface area contributed by atoms with Gasteiger partial charge in [0.25, 0.3) is 23.6 Å². The lowest BCUT2D eigenvalue weighted by Crippen LogP contribution is -2.12. The zero-order valence-corrected chi connectivity index (χ0v) is 65.2. The van der Waals surface area contributed by atoms with Gasteiger partial charge in [-0.3, -0.25) is 19.2 Å². The highest BCUT2D eigenvalue weighted by atomic mass is 35.5. The van der Waals surface area contributed by atoms with Crippen molar-refractivity contribution in [2.75, 3.05) is 21.3 Å². The molecule has 4 N–H and O–H groups in total. The lowest BCUT2D eigenvalue weighted by molar-refractivity contribution is 0.0993. The van der Waals surface area contributed by atoms with Crippen LogP contribution in [0.1, 0.15) is 91.7 Å². The van der Waals surface area contributed by atoms with Crippen molar-refractivity contribution in [3.8, 4) is 11.3 Å². The largest absolute Gasteiger partial charge is 0.451 e. The molecule has 560 valence electrons. The van der Waals surface area contributed by atoms with Crippen molar-refractivity contribution in [1.29, 1.82) is 0 Å². The fourth-order valence-electron chi connectivity index (χ4n) is 13.4. The van der Waals surface area contributed by atoms with Crippen LogP contribution in [0.3, 0.4) is 0 Å². The zero-order chi connectivity index (χ0) is 78.5. The molecule has 0 aliphatic carbocycles. The summed E-state index contributed by atoms with van der Waals surface area (Å²) in [7, 11) is 0. The molecule has 5 aromatic heterocycles. The van der Waals surface area contributed by atoms with Gasteiger partial charge in [0.1, 0.15) is 5.76 Å². The minimum Gasteiger partial charge on any atom is -0.451 e. The Balaban J connectivity index is 0.000000125. The maximum atomic E-state index is 12.9. The topological polar surface area (TPSA) is 149 Å². The van der Waals surface area contributed by atoms with E-state index in [0.29, 0.717) is 37.5 Å². The predicted molar refractivity (Wildman–Crippen MR) is 464 cm³/mol. The highest BCUT2D eigenvalue weighted by molar-refractivity contribution is 6.34. The summed E-state index contributed by atoms with van der Waals surface area (Å²) < 4.78 is 14.5. The predicted octanol–water partition coefficient (Wildman–Crippen LogP) is 24.5. The van der Waals surface area contributed by atoms with Gasteiger partial charge in [0, 0.05) is 99.2 Å². The summed E-state index contributed by atoms with van der Waals surface area (Å²) in [6.45, 7) is 13.3. The Bertz CT molecular complexity index is 6230. The first-order valence-electron chi connectivity index (χ1n) is 37.1. The minimum absolute atomic E-state index is 0.148.